The fourth-order valence-electron chi connectivity index (χ4n) is 1.32. The maximum Gasteiger partial charge on any atom is -0.00127 e. The molecule has 2 heteroatoms. The average Bonchev–Trinajstić information content (AvgIpc) is 2.03. The van der Waals surface area contributed by atoms with Crippen LogP contribution in [0, 0.1) is 5.92 Å². The van der Waals surface area contributed by atoms with E-state index in [-0.39, 0.29) is 0 Å². The summed E-state index contributed by atoms with van der Waals surface area (Å²) in [6, 6.07) is 0. The van der Waals surface area contributed by atoms with Crippen LogP contribution in [0.15, 0.2) is 0 Å². The van der Waals surface area contributed by atoms with Gasteiger partial charge >= 0.3 is 0 Å². The van der Waals surface area contributed by atoms with Gasteiger partial charge in [-0.2, -0.15) is 11.8 Å². The maximum absolute atomic E-state index is 3.40. The zero-order valence-electron chi connectivity index (χ0n) is 6.73. The van der Waals surface area contributed by atoms with Crippen molar-refractivity contribution in [1.29, 1.82) is 0 Å². The van der Waals surface area contributed by atoms with Crippen LogP contribution >= 0.6 is 11.8 Å². The Morgan fingerprint density at radius 1 is 1.60 bits per heavy atom. The average molecular weight is 159 g/mol. The summed E-state index contributed by atoms with van der Waals surface area (Å²) in [6.45, 7) is 4.54. The minimum atomic E-state index is 0.957. The van der Waals surface area contributed by atoms with Gasteiger partial charge in [0.1, 0.15) is 0 Å². The topological polar surface area (TPSA) is 12.0 Å². The molecule has 1 unspecified atom stereocenters. The number of nitrogens with one attached hydrogen (secondary N) is 1. The van der Waals surface area contributed by atoms with Gasteiger partial charge in [0.15, 0.2) is 0 Å². The second kappa shape index (κ2) is 5.03. The molecule has 0 amide bonds. The predicted octanol–water partition coefficient (Wildman–Crippen LogP) is 1.74. The fourth-order valence-corrected chi connectivity index (χ4v) is 2.47. The van der Waals surface area contributed by atoms with Gasteiger partial charge in [-0.3, -0.25) is 0 Å². The van der Waals surface area contributed by atoms with Gasteiger partial charge < -0.3 is 5.32 Å². The van der Waals surface area contributed by atoms with Crippen molar-refractivity contribution in [2.24, 2.45) is 5.92 Å². The molecule has 0 aromatic rings. The van der Waals surface area contributed by atoms with Gasteiger partial charge in [0, 0.05) is 0 Å². The van der Waals surface area contributed by atoms with Crippen LogP contribution in [0.3, 0.4) is 0 Å². The highest BCUT2D eigenvalue weighted by molar-refractivity contribution is 7.99. The predicted molar refractivity (Wildman–Crippen MR) is 48.6 cm³/mol. The van der Waals surface area contributed by atoms with Crippen molar-refractivity contribution in [2.75, 3.05) is 24.6 Å². The number of hydrogen-bond donors (Lipinski definition) is 1. The van der Waals surface area contributed by atoms with E-state index in [2.05, 4.69) is 24.0 Å². The summed E-state index contributed by atoms with van der Waals surface area (Å²) in [7, 11) is 0. The van der Waals surface area contributed by atoms with Gasteiger partial charge in [-0.25, -0.2) is 0 Å². The largest absolute Gasteiger partial charge is 0.317 e. The Labute approximate surface area is 68.0 Å². The summed E-state index contributed by atoms with van der Waals surface area (Å²) in [5.74, 6) is 3.73. The molecule has 1 N–H and O–H groups in total. The third kappa shape index (κ3) is 2.93. The molecule has 1 fully saturated rings. The second-order valence-electron chi connectivity index (χ2n) is 2.89. The summed E-state index contributed by atoms with van der Waals surface area (Å²) in [5, 5.41) is 3.40. The molecule has 1 rings (SSSR count). The molecule has 0 spiro atoms. The monoisotopic (exact) mass is 159 g/mol. The Hall–Kier alpha value is 0.310. The minimum Gasteiger partial charge on any atom is -0.317 e. The summed E-state index contributed by atoms with van der Waals surface area (Å²) >= 11 is 2.11. The van der Waals surface area contributed by atoms with E-state index in [1.165, 1.54) is 30.9 Å². The van der Waals surface area contributed by atoms with E-state index in [1.54, 1.807) is 0 Å². The molecule has 0 radical (unpaired) electrons. The summed E-state index contributed by atoms with van der Waals surface area (Å²) < 4.78 is 0. The smallest absolute Gasteiger partial charge is 0.00127 e. The molecule has 1 aliphatic heterocycles. The molecule has 0 bridgehead atoms. The van der Waals surface area contributed by atoms with E-state index < -0.39 is 0 Å². The van der Waals surface area contributed by atoms with E-state index in [9.17, 15) is 0 Å². The van der Waals surface area contributed by atoms with Crippen molar-refractivity contribution in [3.8, 4) is 0 Å². The molecule has 0 saturated carbocycles. The molecular weight excluding hydrogens is 142 g/mol. The molecule has 1 heterocycles. The molecule has 0 aromatic heterocycles. The highest BCUT2D eigenvalue weighted by atomic mass is 32.2. The van der Waals surface area contributed by atoms with E-state index >= 15 is 0 Å². The minimum absolute atomic E-state index is 0.957. The van der Waals surface area contributed by atoms with Gasteiger partial charge in [-0.1, -0.05) is 6.92 Å². The lowest BCUT2D eigenvalue weighted by molar-refractivity contribution is 0.483. The Morgan fingerprint density at radius 3 is 3.10 bits per heavy atom. The highest BCUT2D eigenvalue weighted by Crippen LogP contribution is 2.21. The first kappa shape index (κ1) is 8.41. The Balaban J connectivity index is 2.02. The van der Waals surface area contributed by atoms with Crippen molar-refractivity contribution in [3.05, 3.63) is 0 Å². The Bertz CT molecular complexity index is 79.3. The van der Waals surface area contributed by atoms with Crippen molar-refractivity contribution in [2.45, 2.75) is 19.8 Å². The van der Waals surface area contributed by atoms with Crippen LogP contribution in [0.5, 0.6) is 0 Å². The number of hydrogen-bond acceptors (Lipinski definition) is 2. The molecule has 60 valence electrons. The zero-order chi connectivity index (χ0) is 7.23. The van der Waals surface area contributed by atoms with Crippen molar-refractivity contribution in [1.82, 2.24) is 5.32 Å². The van der Waals surface area contributed by atoms with Crippen molar-refractivity contribution >= 4 is 11.8 Å². The maximum atomic E-state index is 3.40. The highest BCUT2D eigenvalue weighted by Gasteiger charge is 2.11. The van der Waals surface area contributed by atoms with Crippen LogP contribution in [0.1, 0.15) is 19.8 Å². The molecule has 1 atom stereocenters. The van der Waals surface area contributed by atoms with Crippen LogP contribution in [-0.2, 0) is 0 Å². The molecule has 1 nitrogen and oxygen atoms in total. The summed E-state index contributed by atoms with van der Waals surface area (Å²) in [4.78, 5) is 0. The van der Waals surface area contributed by atoms with Crippen LogP contribution in [0.25, 0.3) is 0 Å². The van der Waals surface area contributed by atoms with E-state index in [4.69, 9.17) is 0 Å². The van der Waals surface area contributed by atoms with Gasteiger partial charge in [0.05, 0.1) is 0 Å². The van der Waals surface area contributed by atoms with E-state index in [0.29, 0.717) is 0 Å². The molecule has 0 aliphatic carbocycles. The quantitative estimate of drug-likeness (QED) is 0.673. The van der Waals surface area contributed by atoms with Gasteiger partial charge in [-0.05, 0) is 43.4 Å². The van der Waals surface area contributed by atoms with Crippen molar-refractivity contribution in [3.63, 3.8) is 0 Å². The lowest BCUT2D eigenvalue weighted by atomic mass is 10.1. The lowest BCUT2D eigenvalue weighted by Gasteiger charge is -2.20. The second-order valence-corrected chi connectivity index (χ2v) is 4.04. The standard InChI is InChI=1S/C8H17NS/c1-2-9-6-8-4-3-5-10-7-8/h8-9H,2-7H2,1H3. The zero-order valence-corrected chi connectivity index (χ0v) is 7.54. The first-order valence-electron chi connectivity index (χ1n) is 4.22. The third-order valence-corrected chi connectivity index (χ3v) is 3.22. The fraction of sp³-hybridized carbons (Fsp3) is 1.00. The van der Waals surface area contributed by atoms with Crippen LogP contribution in [0.4, 0.5) is 0 Å². The molecule has 1 saturated heterocycles. The van der Waals surface area contributed by atoms with Crippen LogP contribution in [0.2, 0.25) is 0 Å². The SMILES string of the molecule is CCNCC1CCCSC1. The third-order valence-electron chi connectivity index (χ3n) is 1.94. The van der Waals surface area contributed by atoms with Gasteiger partial charge in [-0.15, -0.1) is 0 Å². The first-order valence-corrected chi connectivity index (χ1v) is 5.37. The summed E-state index contributed by atoms with van der Waals surface area (Å²) in [5.41, 5.74) is 0. The van der Waals surface area contributed by atoms with E-state index in [0.717, 1.165) is 12.5 Å². The Morgan fingerprint density at radius 2 is 2.50 bits per heavy atom. The summed E-state index contributed by atoms with van der Waals surface area (Å²) in [6.07, 6.45) is 2.88. The number of rotatable bonds is 3. The normalized spacial score (nSPS) is 26.7. The van der Waals surface area contributed by atoms with Crippen molar-refractivity contribution < 1.29 is 0 Å². The first-order chi connectivity index (χ1) is 4.93. The molecule has 1 aliphatic rings. The Kier molecular flexibility index (Phi) is 4.23. The lowest BCUT2D eigenvalue weighted by Crippen LogP contribution is -2.25. The van der Waals surface area contributed by atoms with Gasteiger partial charge in [0.2, 0.25) is 0 Å². The molecular formula is C8H17NS. The van der Waals surface area contributed by atoms with Gasteiger partial charge in [0.25, 0.3) is 0 Å². The molecule has 0 aromatic carbocycles. The molecule has 10 heavy (non-hydrogen) atoms. The number of thioether (sulfide) groups is 1. The van der Waals surface area contributed by atoms with Crippen LogP contribution in [-0.4, -0.2) is 24.6 Å². The van der Waals surface area contributed by atoms with E-state index in [1.807, 2.05) is 0 Å². The van der Waals surface area contributed by atoms with Crippen LogP contribution < -0.4 is 5.32 Å².